The molecule has 0 amide bonds. The summed E-state index contributed by atoms with van der Waals surface area (Å²) >= 11 is 0. The maximum absolute atomic E-state index is 9.29. The van der Waals surface area contributed by atoms with Gasteiger partial charge < -0.3 is 8.98 Å². The number of fused-ring (bicyclic) bond motifs is 6. The van der Waals surface area contributed by atoms with Crippen molar-refractivity contribution in [2.24, 2.45) is 0 Å². The molecule has 6 aromatic carbocycles. The van der Waals surface area contributed by atoms with Gasteiger partial charge in [0, 0.05) is 39.0 Å². The fourth-order valence-electron chi connectivity index (χ4n) is 6.71. The summed E-state index contributed by atoms with van der Waals surface area (Å²) in [6.45, 7) is 0. The zero-order chi connectivity index (χ0) is 30.6. The molecule has 0 spiro atoms. The van der Waals surface area contributed by atoms with Crippen molar-refractivity contribution in [3.05, 3.63) is 157 Å². The van der Waals surface area contributed by atoms with Crippen LogP contribution in [0.15, 0.2) is 156 Å². The van der Waals surface area contributed by atoms with Crippen molar-refractivity contribution in [2.75, 3.05) is 0 Å². The molecule has 0 atom stereocenters. The van der Waals surface area contributed by atoms with Gasteiger partial charge in [-0.2, -0.15) is 5.26 Å². The van der Waals surface area contributed by atoms with Crippen LogP contribution in [-0.2, 0) is 0 Å². The van der Waals surface area contributed by atoms with E-state index < -0.39 is 0 Å². The molecule has 0 bridgehead atoms. The molecule has 3 heterocycles. The lowest BCUT2D eigenvalue weighted by molar-refractivity contribution is 0.669. The molecule has 214 valence electrons. The van der Waals surface area contributed by atoms with Crippen LogP contribution in [0.4, 0.5) is 0 Å². The van der Waals surface area contributed by atoms with E-state index in [4.69, 9.17) is 4.42 Å². The number of benzene rings is 6. The van der Waals surface area contributed by atoms with Gasteiger partial charge >= 0.3 is 0 Å². The van der Waals surface area contributed by atoms with Gasteiger partial charge in [0.05, 0.1) is 22.3 Å². The highest BCUT2D eigenvalue weighted by molar-refractivity contribution is 6.14. The first-order valence-corrected chi connectivity index (χ1v) is 15.3. The minimum atomic E-state index is 0.535. The summed E-state index contributed by atoms with van der Waals surface area (Å²) < 4.78 is 8.70. The summed E-state index contributed by atoms with van der Waals surface area (Å²) in [6.07, 6.45) is 1.62. The molecule has 9 aromatic rings. The molecule has 4 heteroatoms. The summed E-state index contributed by atoms with van der Waals surface area (Å²) in [5, 5.41) is 13.7. The molecule has 0 radical (unpaired) electrons. The minimum Gasteiger partial charge on any atom is -0.456 e. The first-order chi connectivity index (χ1) is 22.7. The van der Waals surface area contributed by atoms with Crippen molar-refractivity contribution in [1.29, 1.82) is 5.26 Å². The largest absolute Gasteiger partial charge is 0.456 e. The Morgan fingerprint density at radius 1 is 0.543 bits per heavy atom. The quantitative estimate of drug-likeness (QED) is 0.206. The molecule has 3 aromatic heterocycles. The number of hydrogen-bond donors (Lipinski definition) is 0. The van der Waals surface area contributed by atoms with Crippen molar-refractivity contribution >= 4 is 43.7 Å². The average Bonchev–Trinajstić information content (AvgIpc) is 3.67. The van der Waals surface area contributed by atoms with Gasteiger partial charge in [-0.1, -0.05) is 84.9 Å². The van der Waals surface area contributed by atoms with E-state index in [0.29, 0.717) is 5.56 Å². The van der Waals surface area contributed by atoms with Crippen molar-refractivity contribution in [3.63, 3.8) is 0 Å². The van der Waals surface area contributed by atoms with E-state index in [1.807, 2.05) is 18.2 Å². The number of nitriles is 1. The van der Waals surface area contributed by atoms with Gasteiger partial charge in [-0.25, -0.2) is 0 Å². The Hall–Kier alpha value is -6.44. The van der Waals surface area contributed by atoms with Crippen molar-refractivity contribution in [2.45, 2.75) is 0 Å². The molecular formula is C42H25N3O. The third kappa shape index (κ3) is 4.11. The molecule has 9 rings (SSSR count). The minimum absolute atomic E-state index is 0.535. The van der Waals surface area contributed by atoms with Gasteiger partial charge in [0.1, 0.15) is 17.2 Å². The predicted molar refractivity (Wildman–Crippen MR) is 187 cm³/mol. The molecule has 0 aliphatic carbocycles. The summed E-state index contributed by atoms with van der Waals surface area (Å²) in [5.41, 5.74) is 12.0. The molecule has 0 fully saturated rings. The normalized spacial score (nSPS) is 11.5. The number of nitrogens with zero attached hydrogens (tertiary/aromatic N) is 3. The summed E-state index contributed by atoms with van der Waals surface area (Å²) in [7, 11) is 0. The summed E-state index contributed by atoms with van der Waals surface area (Å²) in [5.74, 6) is 0. The van der Waals surface area contributed by atoms with Crippen LogP contribution in [0.5, 0.6) is 0 Å². The van der Waals surface area contributed by atoms with Gasteiger partial charge in [-0.15, -0.1) is 0 Å². The van der Waals surface area contributed by atoms with Crippen molar-refractivity contribution < 1.29 is 4.42 Å². The van der Waals surface area contributed by atoms with E-state index >= 15 is 0 Å². The second-order valence-electron chi connectivity index (χ2n) is 11.5. The zero-order valence-corrected chi connectivity index (χ0v) is 24.7. The van der Waals surface area contributed by atoms with Crippen molar-refractivity contribution in [1.82, 2.24) is 9.55 Å². The molecule has 46 heavy (non-hydrogen) atoms. The number of furan rings is 1. The predicted octanol–water partition coefficient (Wildman–Crippen LogP) is 11.0. The molecular weight excluding hydrogens is 562 g/mol. The van der Waals surface area contributed by atoms with Gasteiger partial charge in [-0.3, -0.25) is 4.98 Å². The monoisotopic (exact) mass is 587 g/mol. The first-order valence-electron chi connectivity index (χ1n) is 15.3. The Morgan fingerprint density at radius 3 is 1.83 bits per heavy atom. The lowest BCUT2D eigenvalue weighted by Crippen LogP contribution is -1.94. The van der Waals surface area contributed by atoms with Gasteiger partial charge in [0.15, 0.2) is 0 Å². The Labute approximate surface area is 265 Å². The van der Waals surface area contributed by atoms with Crippen LogP contribution in [0.3, 0.4) is 0 Å². The van der Waals surface area contributed by atoms with E-state index in [1.165, 1.54) is 33.0 Å². The van der Waals surface area contributed by atoms with Crippen molar-refractivity contribution in [3.8, 4) is 45.3 Å². The topological polar surface area (TPSA) is 54.8 Å². The van der Waals surface area contributed by atoms with Gasteiger partial charge in [-0.05, 0) is 82.9 Å². The Kier molecular flexibility index (Phi) is 5.84. The van der Waals surface area contributed by atoms with E-state index in [1.54, 1.807) is 12.3 Å². The van der Waals surface area contributed by atoms with Crippen LogP contribution in [0, 0.1) is 11.3 Å². The summed E-state index contributed by atoms with van der Waals surface area (Å²) in [6, 6.07) is 53.0. The van der Waals surface area contributed by atoms with Crippen LogP contribution in [0.1, 0.15) is 5.56 Å². The van der Waals surface area contributed by atoms with E-state index in [2.05, 4.69) is 137 Å². The molecule has 0 N–H and O–H groups in total. The first kappa shape index (κ1) is 26.0. The number of pyridine rings is 1. The standard InChI is InChI=1S/C42H25N3O/c43-25-27-14-18-37(44-26-27)33-12-7-13-41-42(33)36-24-32(17-21-40(36)46-41)45-38-19-15-30(28-8-3-1-4-9-28)22-34(38)35-23-31(16-20-39(35)45)29-10-5-2-6-11-29/h1-24,26H. The number of aromatic nitrogens is 2. The second kappa shape index (κ2) is 10.3. The van der Waals surface area contributed by atoms with Gasteiger partial charge in [0.25, 0.3) is 0 Å². The molecule has 0 unspecified atom stereocenters. The van der Waals surface area contributed by atoms with E-state index in [9.17, 15) is 5.26 Å². The Bertz CT molecular complexity index is 2530. The van der Waals surface area contributed by atoms with Crippen LogP contribution in [0.2, 0.25) is 0 Å². The van der Waals surface area contributed by atoms with Gasteiger partial charge in [0.2, 0.25) is 0 Å². The number of hydrogen-bond acceptors (Lipinski definition) is 3. The number of rotatable bonds is 4. The lowest BCUT2D eigenvalue weighted by atomic mass is 10.0. The Morgan fingerprint density at radius 2 is 1.22 bits per heavy atom. The molecule has 4 nitrogen and oxygen atoms in total. The maximum atomic E-state index is 9.29. The van der Waals surface area contributed by atoms with Crippen LogP contribution >= 0.6 is 0 Å². The van der Waals surface area contributed by atoms with Crippen LogP contribution in [0.25, 0.3) is 82.9 Å². The highest BCUT2D eigenvalue weighted by atomic mass is 16.3. The fraction of sp³-hybridized carbons (Fsp3) is 0. The van der Waals surface area contributed by atoms with Crippen LogP contribution in [-0.4, -0.2) is 9.55 Å². The third-order valence-electron chi connectivity index (χ3n) is 8.88. The second-order valence-corrected chi connectivity index (χ2v) is 11.5. The maximum Gasteiger partial charge on any atom is 0.136 e. The molecule has 0 aliphatic heterocycles. The molecule has 0 saturated carbocycles. The van der Waals surface area contributed by atoms with Crippen LogP contribution < -0.4 is 0 Å². The smallest absolute Gasteiger partial charge is 0.136 e. The highest BCUT2D eigenvalue weighted by Crippen LogP contribution is 2.40. The SMILES string of the molecule is N#Cc1ccc(-c2cccc3oc4ccc(-n5c6ccc(-c7ccccc7)cc6c6cc(-c7ccccc7)ccc65)cc4c23)nc1. The van der Waals surface area contributed by atoms with E-state index in [-0.39, 0.29) is 0 Å². The fourth-order valence-corrected chi connectivity index (χ4v) is 6.71. The highest BCUT2D eigenvalue weighted by Gasteiger charge is 2.18. The lowest BCUT2D eigenvalue weighted by Gasteiger charge is -2.09. The summed E-state index contributed by atoms with van der Waals surface area (Å²) in [4.78, 5) is 4.61. The zero-order valence-electron chi connectivity index (χ0n) is 24.7. The molecule has 0 aliphatic rings. The third-order valence-corrected chi connectivity index (χ3v) is 8.88. The molecule has 0 saturated heterocycles. The Balaban J connectivity index is 1.30. The van der Waals surface area contributed by atoms with E-state index in [0.717, 1.165) is 49.9 Å². The average molecular weight is 588 g/mol.